The number of likely N-dealkylation sites (N-methyl/N-ethyl adjacent to an activating group) is 1. The smallest absolute Gasteiger partial charge is 0.241 e. The van der Waals surface area contributed by atoms with E-state index in [1.807, 2.05) is 35.8 Å². The average Bonchev–Trinajstić information content (AvgIpc) is 2.94. The Morgan fingerprint density at radius 2 is 2.24 bits per heavy atom. The number of likely N-dealkylation sites (tertiary alicyclic amines) is 1. The Morgan fingerprint density at radius 1 is 1.38 bits per heavy atom. The lowest BCUT2D eigenvalue weighted by Crippen LogP contribution is -2.46. The van der Waals surface area contributed by atoms with Gasteiger partial charge in [-0.15, -0.1) is 11.8 Å². The molecule has 5 heteroatoms. The predicted octanol–water partition coefficient (Wildman–Crippen LogP) is 1.81. The monoisotopic (exact) mass is 305 g/mol. The van der Waals surface area contributed by atoms with Gasteiger partial charge >= 0.3 is 0 Å². The van der Waals surface area contributed by atoms with Crippen LogP contribution >= 0.6 is 11.8 Å². The highest BCUT2D eigenvalue weighted by atomic mass is 32.2. The summed E-state index contributed by atoms with van der Waals surface area (Å²) < 4.78 is 0. The molecule has 1 aromatic carbocycles. The predicted molar refractivity (Wildman–Crippen MR) is 88.0 cm³/mol. The van der Waals surface area contributed by atoms with E-state index in [9.17, 15) is 4.79 Å². The first-order valence-electron chi connectivity index (χ1n) is 7.70. The number of amides is 1. The zero-order valence-electron chi connectivity index (χ0n) is 12.5. The van der Waals surface area contributed by atoms with Gasteiger partial charge < -0.3 is 10.2 Å². The van der Waals surface area contributed by atoms with Crippen LogP contribution in [0.2, 0.25) is 0 Å². The number of rotatable bonds is 4. The normalized spacial score (nSPS) is 22.3. The molecule has 21 heavy (non-hydrogen) atoms. The second-order valence-electron chi connectivity index (χ2n) is 5.69. The number of para-hydroxylation sites is 1. The molecule has 0 aromatic heterocycles. The maximum absolute atomic E-state index is 12.7. The standard InChI is InChI=1S/C16H23N3OS/c1-17-11-13-5-4-8-18(13)12-16(20)19-9-10-21-15-7-3-2-6-14(15)19/h2-3,6-7,13,17H,4-5,8-12H2,1H3. The number of anilines is 1. The van der Waals surface area contributed by atoms with Crippen molar-refractivity contribution in [2.75, 3.05) is 43.9 Å². The van der Waals surface area contributed by atoms with Crippen molar-refractivity contribution in [1.82, 2.24) is 10.2 Å². The maximum Gasteiger partial charge on any atom is 0.241 e. The summed E-state index contributed by atoms with van der Waals surface area (Å²) in [5.74, 6) is 1.23. The van der Waals surface area contributed by atoms with Gasteiger partial charge in [0.1, 0.15) is 0 Å². The molecule has 0 radical (unpaired) electrons. The third-order valence-electron chi connectivity index (χ3n) is 4.31. The Morgan fingerprint density at radius 3 is 3.10 bits per heavy atom. The van der Waals surface area contributed by atoms with Crippen molar-refractivity contribution in [2.45, 2.75) is 23.8 Å². The summed E-state index contributed by atoms with van der Waals surface area (Å²) in [6, 6.07) is 8.75. The molecule has 0 spiro atoms. The van der Waals surface area contributed by atoms with Gasteiger partial charge in [0.15, 0.2) is 0 Å². The first-order chi connectivity index (χ1) is 10.3. The third kappa shape index (κ3) is 3.25. The summed E-state index contributed by atoms with van der Waals surface area (Å²) in [6.07, 6.45) is 2.40. The minimum absolute atomic E-state index is 0.241. The molecule has 0 saturated carbocycles. The largest absolute Gasteiger partial charge is 0.318 e. The molecule has 4 nitrogen and oxygen atoms in total. The highest BCUT2D eigenvalue weighted by molar-refractivity contribution is 7.99. The molecule has 2 heterocycles. The van der Waals surface area contributed by atoms with Crippen LogP contribution in [0.1, 0.15) is 12.8 Å². The number of hydrogen-bond acceptors (Lipinski definition) is 4. The second kappa shape index (κ2) is 6.81. The minimum Gasteiger partial charge on any atom is -0.318 e. The summed E-state index contributed by atoms with van der Waals surface area (Å²) in [5.41, 5.74) is 1.09. The Bertz CT molecular complexity index is 508. The van der Waals surface area contributed by atoms with Crippen molar-refractivity contribution in [3.05, 3.63) is 24.3 Å². The Kier molecular flexibility index (Phi) is 4.83. The van der Waals surface area contributed by atoms with Crippen LogP contribution in [0.5, 0.6) is 0 Å². The fourth-order valence-electron chi connectivity index (χ4n) is 3.26. The van der Waals surface area contributed by atoms with Gasteiger partial charge in [-0.05, 0) is 38.6 Å². The highest BCUT2D eigenvalue weighted by Gasteiger charge is 2.29. The summed E-state index contributed by atoms with van der Waals surface area (Å²) in [4.78, 5) is 18.3. The first-order valence-corrected chi connectivity index (χ1v) is 8.69. The van der Waals surface area contributed by atoms with Crippen LogP contribution < -0.4 is 10.2 Å². The number of nitrogens with one attached hydrogen (secondary N) is 1. The van der Waals surface area contributed by atoms with Crippen LogP contribution in [0.4, 0.5) is 5.69 Å². The van der Waals surface area contributed by atoms with E-state index in [0.29, 0.717) is 12.6 Å². The molecule has 1 amide bonds. The van der Waals surface area contributed by atoms with Crippen LogP contribution in [0.3, 0.4) is 0 Å². The number of fused-ring (bicyclic) bond motifs is 1. The quantitative estimate of drug-likeness (QED) is 0.920. The Hall–Kier alpha value is -1.04. The summed E-state index contributed by atoms with van der Waals surface area (Å²) in [7, 11) is 1.98. The van der Waals surface area contributed by atoms with Crippen molar-refractivity contribution in [3.8, 4) is 0 Å². The van der Waals surface area contributed by atoms with Crippen molar-refractivity contribution < 1.29 is 4.79 Å². The zero-order valence-corrected chi connectivity index (χ0v) is 13.4. The van der Waals surface area contributed by atoms with E-state index in [4.69, 9.17) is 0 Å². The first kappa shape index (κ1) is 14.9. The fraction of sp³-hybridized carbons (Fsp3) is 0.562. The van der Waals surface area contributed by atoms with Crippen molar-refractivity contribution in [1.29, 1.82) is 0 Å². The van der Waals surface area contributed by atoms with E-state index < -0.39 is 0 Å². The fourth-order valence-corrected chi connectivity index (χ4v) is 4.25. The molecule has 0 aliphatic carbocycles. The van der Waals surface area contributed by atoms with Gasteiger partial charge in [0.25, 0.3) is 0 Å². The lowest BCUT2D eigenvalue weighted by atomic mass is 10.2. The Balaban J connectivity index is 1.69. The van der Waals surface area contributed by atoms with E-state index in [1.165, 1.54) is 17.7 Å². The number of carbonyl (C=O) groups excluding carboxylic acids is 1. The molecule has 1 saturated heterocycles. The number of hydrogen-bond donors (Lipinski definition) is 1. The van der Waals surface area contributed by atoms with Crippen LogP contribution in [0, 0.1) is 0 Å². The van der Waals surface area contributed by atoms with Gasteiger partial charge in [0, 0.05) is 29.8 Å². The molecule has 1 fully saturated rings. The van der Waals surface area contributed by atoms with Crippen LogP contribution in [-0.4, -0.2) is 55.8 Å². The number of nitrogens with zero attached hydrogens (tertiary/aromatic N) is 2. The van der Waals surface area contributed by atoms with Gasteiger partial charge in [0.2, 0.25) is 5.91 Å². The maximum atomic E-state index is 12.7. The molecule has 1 aromatic rings. The highest BCUT2D eigenvalue weighted by Crippen LogP contribution is 2.34. The SMILES string of the molecule is CNCC1CCCN1CC(=O)N1CCSc2ccccc21. The summed E-state index contributed by atoms with van der Waals surface area (Å²) in [5, 5.41) is 3.24. The van der Waals surface area contributed by atoms with Crippen LogP contribution in [-0.2, 0) is 4.79 Å². The Labute approximate surface area is 130 Å². The molecule has 1 N–H and O–H groups in total. The number of thioether (sulfide) groups is 1. The lowest BCUT2D eigenvalue weighted by Gasteiger charge is -2.32. The average molecular weight is 305 g/mol. The molecule has 1 atom stereocenters. The number of benzene rings is 1. The van der Waals surface area contributed by atoms with Crippen molar-refractivity contribution in [2.24, 2.45) is 0 Å². The molecular formula is C16H23N3OS. The minimum atomic E-state index is 0.241. The van der Waals surface area contributed by atoms with Gasteiger partial charge in [0.05, 0.1) is 12.2 Å². The van der Waals surface area contributed by atoms with Gasteiger partial charge in [-0.3, -0.25) is 9.69 Å². The van der Waals surface area contributed by atoms with Gasteiger partial charge in [-0.25, -0.2) is 0 Å². The molecule has 2 aliphatic heterocycles. The molecule has 1 unspecified atom stereocenters. The second-order valence-corrected chi connectivity index (χ2v) is 6.82. The molecular weight excluding hydrogens is 282 g/mol. The lowest BCUT2D eigenvalue weighted by molar-refractivity contribution is -0.119. The topological polar surface area (TPSA) is 35.6 Å². The van der Waals surface area contributed by atoms with Gasteiger partial charge in [-0.1, -0.05) is 12.1 Å². The van der Waals surface area contributed by atoms with E-state index in [2.05, 4.69) is 22.3 Å². The van der Waals surface area contributed by atoms with Crippen LogP contribution in [0.25, 0.3) is 0 Å². The molecule has 0 bridgehead atoms. The summed E-state index contributed by atoms with van der Waals surface area (Å²) in [6.45, 7) is 3.39. The van der Waals surface area contributed by atoms with E-state index in [1.54, 1.807) is 0 Å². The van der Waals surface area contributed by atoms with E-state index >= 15 is 0 Å². The van der Waals surface area contributed by atoms with Crippen LogP contribution in [0.15, 0.2) is 29.2 Å². The van der Waals surface area contributed by atoms with E-state index in [-0.39, 0.29) is 5.91 Å². The molecule has 114 valence electrons. The van der Waals surface area contributed by atoms with Crippen molar-refractivity contribution >= 4 is 23.4 Å². The van der Waals surface area contributed by atoms with E-state index in [0.717, 1.165) is 31.1 Å². The number of carbonyl (C=O) groups is 1. The molecule has 3 rings (SSSR count). The van der Waals surface area contributed by atoms with Gasteiger partial charge in [-0.2, -0.15) is 0 Å². The molecule has 2 aliphatic rings. The van der Waals surface area contributed by atoms with Crippen molar-refractivity contribution in [3.63, 3.8) is 0 Å². The zero-order chi connectivity index (χ0) is 14.7. The summed E-state index contributed by atoms with van der Waals surface area (Å²) >= 11 is 1.84. The third-order valence-corrected chi connectivity index (χ3v) is 5.35.